The molecule has 1 N–H and O–H groups in total. The quantitative estimate of drug-likeness (QED) is 0.791. The third-order valence-electron chi connectivity index (χ3n) is 1.97. The minimum absolute atomic E-state index is 0.254. The summed E-state index contributed by atoms with van der Waals surface area (Å²) < 4.78 is 43.2. The number of benzene rings is 1. The van der Waals surface area contributed by atoms with Crippen LogP contribution >= 0.6 is 0 Å². The van der Waals surface area contributed by atoms with Crippen LogP contribution < -0.4 is 0 Å². The molecule has 0 bridgehead atoms. The summed E-state index contributed by atoms with van der Waals surface area (Å²) in [5.74, 6) is -0.432. The maximum atomic E-state index is 12.5. The zero-order valence-corrected chi connectivity index (χ0v) is 8.46. The SMILES string of the molecule is CCC(c1ccc(F)cc1)S(=O)(=O)O. The molecule has 1 aromatic carbocycles. The smallest absolute Gasteiger partial charge is 0.271 e. The lowest BCUT2D eigenvalue weighted by Crippen LogP contribution is -2.11. The first-order chi connectivity index (χ1) is 6.45. The van der Waals surface area contributed by atoms with E-state index in [1.807, 2.05) is 0 Å². The molecule has 14 heavy (non-hydrogen) atoms. The van der Waals surface area contributed by atoms with Gasteiger partial charge in [0, 0.05) is 0 Å². The lowest BCUT2D eigenvalue weighted by atomic mass is 10.1. The van der Waals surface area contributed by atoms with E-state index >= 15 is 0 Å². The van der Waals surface area contributed by atoms with Gasteiger partial charge in [-0.3, -0.25) is 4.55 Å². The monoisotopic (exact) mass is 218 g/mol. The molecule has 0 amide bonds. The van der Waals surface area contributed by atoms with Crippen LogP contribution in [0.15, 0.2) is 24.3 Å². The molecule has 0 aromatic heterocycles. The van der Waals surface area contributed by atoms with Crippen LogP contribution in [0.2, 0.25) is 0 Å². The average Bonchev–Trinajstić information content (AvgIpc) is 2.07. The number of hydrogen-bond acceptors (Lipinski definition) is 2. The normalized spacial score (nSPS) is 13.9. The van der Waals surface area contributed by atoms with Gasteiger partial charge in [-0.15, -0.1) is 0 Å². The Kier molecular flexibility index (Phi) is 3.23. The van der Waals surface area contributed by atoms with E-state index in [9.17, 15) is 12.8 Å². The first-order valence-corrected chi connectivity index (χ1v) is 5.67. The lowest BCUT2D eigenvalue weighted by Gasteiger charge is -2.11. The molecule has 5 heteroatoms. The molecule has 78 valence electrons. The molecular formula is C9H11FO3S. The van der Waals surface area contributed by atoms with Crippen LogP contribution in [0.25, 0.3) is 0 Å². The van der Waals surface area contributed by atoms with Gasteiger partial charge in [0.1, 0.15) is 11.1 Å². The molecule has 0 aliphatic heterocycles. The van der Waals surface area contributed by atoms with Gasteiger partial charge in [-0.2, -0.15) is 8.42 Å². The van der Waals surface area contributed by atoms with Crippen LogP contribution in [0, 0.1) is 5.82 Å². The summed E-state index contributed by atoms with van der Waals surface area (Å²) in [5.41, 5.74) is 0.399. The second-order valence-corrected chi connectivity index (χ2v) is 4.56. The Labute approximate surface area is 82.3 Å². The summed E-state index contributed by atoms with van der Waals surface area (Å²) in [6.45, 7) is 1.64. The fraction of sp³-hybridized carbons (Fsp3) is 0.333. The van der Waals surface area contributed by atoms with Gasteiger partial charge < -0.3 is 0 Å². The minimum atomic E-state index is -4.10. The molecule has 0 radical (unpaired) electrons. The highest BCUT2D eigenvalue weighted by molar-refractivity contribution is 7.86. The van der Waals surface area contributed by atoms with Gasteiger partial charge >= 0.3 is 0 Å². The highest BCUT2D eigenvalue weighted by atomic mass is 32.2. The van der Waals surface area contributed by atoms with E-state index in [2.05, 4.69) is 0 Å². The van der Waals surface area contributed by atoms with Crippen molar-refractivity contribution in [3.05, 3.63) is 35.6 Å². The molecule has 0 aliphatic rings. The summed E-state index contributed by atoms with van der Waals surface area (Å²) in [6, 6.07) is 5.06. The highest BCUT2D eigenvalue weighted by Gasteiger charge is 2.22. The van der Waals surface area contributed by atoms with Crippen LogP contribution in [0.5, 0.6) is 0 Å². The van der Waals surface area contributed by atoms with Crippen molar-refractivity contribution in [3.63, 3.8) is 0 Å². The molecule has 0 fully saturated rings. The second kappa shape index (κ2) is 4.06. The van der Waals surface area contributed by atoms with Crippen LogP contribution in [-0.4, -0.2) is 13.0 Å². The van der Waals surface area contributed by atoms with Crippen molar-refractivity contribution in [2.45, 2.75) is 18.6 Å². The Balaban J connectivity index is 3.08. The average molecular weight is 218 g/mol. The van der Waals surface area contributed by atoms with Gasteiger partial charge in [-0.25, -0.2) is 4.39 Å². The van der Waals surface area contributed by atoms with Crippen LogP contribution in [0.1, 0.15) is 24.2 Å². The minimum Gasteiger partial charge on any atom is -0.285 e. The standard InChI is InChI=1S/C9H11FO3S/c1-2-9(14(11,12)13)7-3-5-8(10)6-4-7/h3-6,9H,2H2,1H3,(H,11,12,13). The molecule has 0 spiro atoms. The second-order valence-electron chi connectivity index (χ2n) is 2.96. The molecule has 1 aromatic rings. The number of halogens is 1. The van der Waals surface area contributed by atoms with Crippen molar-refractivity contribution in [1.29, 1.82) is 0 Å². The molecule has 3 nitrogen and oxygen atoms in total. The predicted octanol–water partition coefficient (Wildman–Crippen LogP) is 2.16. The Morgan fingerprint density at radius 1 is 1.36 bits per heavy atom. The van der Waals surface area contributed by atoms with Crippen molar-refractivity contribution in [2.24, 2.45) is 0 Å². The van der Waals surface area contributed by atoms with Gasteiger partial charge in [0.2, 0.25) is 0 Å². The van der Waals surface area contributed by atoms with E-state index in [-0.39, 0.29) is 6.42 Å². The van der Waals surface area contributed by atoms with Crippen molar-refractivity contribution >= 4 is 10.1 Å². The Bertz CT molecular complexity index is 397. The molecular weight excluding hydrogens is 207 g/mol. The topological polar surface area (TPSA) is 54.4 Å². The third kappa shape index (κ3) is 2.52. The lowest BCUT2D eigenvalue weighted by molar-refractivity contribution is 0.466. The third-order valence-corrected chi connectivity index (χ3v) is 3.30. The van der Waals surface area contributed by atoms with E-state index in [0.29, 0.717) is 5.56 Å². The summed E-state index contributed by atoms with van der Waals surface area (Å²) >= 11 is 0. The van der Waals surface area contributed by atoms with Gasteiger partial charge in [0.15, 0.2) is 0 Å². The molecule has 0 aliphatic carbocycles. The van der Waals surface area contributed by atoms with E-state index in [1.165, 1.54) is 24.3 Å². The van der Waals surface area contributed by atoms with Gasteiger partial charge in [-0.05, 0) is 24.1 Å². The Morgan fingerprint density at radius 3 is 2.21 bits per heavy atom. The first-order valence-electron chi connectivity index (χ1n) is 4.17. The summed E-state index contributed by atoms with van der Waals surface area (Å²) in [4.78, 5) is 0. The van der Waals surface area contributed by atoms with Crippen LogP contribution in [-0.2, 0) is 10.1 Å². The molecule has 0 saturated carbocycles. The largest absolute Gasteiger partial charge is 0.285 e. The predicted molar refractivity (Wildman–Crippen MR) is 51.0 cm³/mol. The van der Waals surface area contributed by atoms with Gasteiger partial charge in [0.05, 0.1) is 0 Å². The summed E-state index contributed by atoms with van der Waals surface area (Å²) in [6.07, 6.45) is 0.254. The van der Waals surface area contributed by atoms with Crippen molar-refractivity contribution in [1.82, 2.24) is 0 Å². The van der Waals surface area contributed by atoms with Crippen LogP contribution in [0.3, 0.4) is 0 Å². The maximum Gasteiger partial charge on any atom is 0.271 e. The molecule has 1 rings (SSSR count). The van der Waals surface area contributed by atoms with Gasteiger partial charge in [-0.1, -0.05) is 19.1 Å². The molecule has 1 atom stereocenters. The number of rotatable bonds is 3. The molecule has 1 unspecified atom stereocenters. The van der Waals surface area contributed by atoms with E-state index in [4.69, 9.17) is 4.55 Å². The van der Waals surface area contributed by atoms with Crippen molar-refractivity contribution in [2.75, 3.05) is 0 Å². The van der Waals surface area contributed by atoms with Crippen molar-refractivity contribution in [3.8, 4) is 0 Å². The summed E-state index contributed by atoms with van der Waals surface area (Å²) in [7, 11) is -4.10. The molecule has 0 saturated heterocycles. The summed E-state index contributed by atoms with van der Waals surface area (Å²) in [5, 5.41) is -0.969. The van der Waals surface area contributed by atoms with Crippen LogP contribution in [0.4, 0.5) is 4.39 Å². The Morgan fingerprint density at radius 2 is 1.86 bits per heavy atom. The van der Waals surface area contributed by atoms with E-state index < -0.39 is 21.2 Å². The fourth-order valence-corrected chi connectivity index (χ4v) is 2.22. The van der Waals surface area contributed by atoms with Gasteiger partial charge in [0.25, 0.3) is 10.1 Å². The zero-order chi connectivity index (χ0) is 10.8. The fourth-order valence-electron chi connectivity index (χ4n) is 1.30. The maximum absolute atomic E-state index is 12.5. The van der Waals surface area contributed by atoms with E-state index in [0.717, 1.165) is 0 Å². The van der Waals surface area contributed by atoms with Crippen molar-refractivity contribution < 1.29 is 17.4 Å². The number of hydrogen-bond donors (Lipinski definition) is 1. The first kappa shape index (κ1) is 11.1. The highest BCUT2D eigenvalue weighted by Crippen LogP contribution is 2.24. The molecule has 0 heterocycles. The zero-order valence-electron chi connectivity index (χ0n) is 7.64. The Hall–Kier alpha value is -0.940. The van der Waals surface area contributed by atoms with E-state index in [1.54, 1.807) is 6.92 Å².